The molecule has 3 aromatic carbocycles. The molecule has 1 heterocycles. The lowest BCUT2D eigenvalue weighted by Gasteiger charge is -2.29. The van der Waals surface area contributed by atoms with Crippen molar-refractivity contribution in [2.75, 3.05) is 0 Å². The smallest absolute Gasteiger partial charge is 0.329 e. The second kappa shape index (κ2) is 10.6. The maximum Gasteiger partial charge on any atom is 0.329 e. The molecular weight excluding hydrogens is 448 g/mol. The molecule has 0 saturated carbocycles. The van der Waals surface area contributed by atoms with Crippen LogP contribution in [0.4, 0.5) is 4.79 Å². The third-order valence-corrected chi connectivity index (χ3v) is 6.51. The first-order valence-corrected chi connectivity index (χ1v) is 11.7. The van der Waals surface area contributed by atoms with E-state index in [9.17, 15) is 19.5 Å². The second-order valence-corrected chi connectivity index (χ2v) is 8.86. The largest absolute Gasteiger partial charge is 0.480 e. The Labute approximate surface area is 204 Å². The van der Waals surface area contributed by atoms with Crippen molar-refractivity contribution in [1.29, 1.82) is 0 Å². The second-order valence-electron chi connectivity index (χ2n) is 8.26. The average molecular weight is 475 g/mol. The van der Waals surface area contributed by atoms with Gasteiger partial charge in [0.1, 0.15) is 12.1 Å². The standard InChI is InChI=1S/C27H26N2O4S/c30-25-24(21-14-8-3-9-15-21)28(22(26(31)32)18-20-12-6-2-7-13-20)27(33)29(25)23(34)17-16-19-10-4-1-5-11-19/h1-15,22-24,34H,16-18H2,(H,31,32). The Bertz CT molecular complexity index is 1140. The maximum absolute atomic E-state index is 13.6. The molecule has 0 radical (unpaired) electrons. The van der Waals surface area contributed by atoms with Gasteiger partial charge in [0, 0.05) is 6.42 Å². The third kappa shape index (κ3) is 4.99. The lowest BCUT2D eigenvalue weighted by molar-refractivity contribution is -0.143. The summed E-state index contributed by atoms with van der Waals surface area (Å²) in [5.41, 5.74) is 2.42. The van der Waals surface area contributed by atoms with Crippen LogP contribution in [0, 0.1) is 0 Å². The van der Waals surface area contributed by atoms with E-state index in [1.54, 1.807) is 24.3 Å². The number of hydrogen-bond donors (Lipinski definition) is 2. The fourth-order valence-corrected chi connectivity index (χ4v) is 4.66. The van der Waals surface area contributed by atoms with E-state index < -0.39 is 35.4 Å². The van der Waals surface area contributed by atoms with Crippen molar-refractivity contribution >= 4 is 30.5 Å². The third-order valence-electron chi connectivity index (χ3n) is 6.02. The molecule has 7 heteroatoms. The summed E-state index contributed by atoms with van der Waals surface area (Å²) in [6.45, 7) is 0. The molecule has 34 heavy (non-hydrogen) atoms. The van der Waals surface area contributed by atoms with Crippen molar-refractivity contribution < 1.29 is 19.5 Å². The number of benzene rings is 3. The van der Waals surface area contributed by atoms with Gasteiger partial charge in [0.15, 0.2) is 0 Å². The zero-order valence-electron chi connectivity index (χ0n) is 18.5. The molecule has 1 N–H and O–H groups in total. The monoisotopic (exact) mass is 474 g/mol. The highest BCUT2D eigenvalue weighted by Gasteiger charge is 2.52. The summed E-state index contributed by atoms with van der Waals surface area (Å²) < 4.78 is 0. The van der Waals surface area contributed by atoms with Gasteiger partial charge in [-0.15, -0.1) is 0 Å². The van der Waals surface area contributed by atoms with Gasteiger partial charge in [-0.05, 0) is 29.5 Å². The summed E-state index contributed by atoms with van der Waals surface area (Å²) in [7, 11) is 0. The van der Waals surface area contributed by atoms with Crippen molar-refractivity contribution in [3.8, 4) is 0 Å². The van der Waals surface area contributed by atoms with Gasteiger partial charge in [0.2, 0.25) is 0 Å². The van der Waals surface area contributed by atoms with Crippen LogP contribution in [0.25, 0.3) is 0 Å². The minimum Gasteiger partial charge on any atom is -0.480 e. The number of aliphatic carboxylic acids is 1. The molecule has 3 aromatic rings. The number of carbonyl (C=O) groups is 3. The lowest BCUT2D eigenvalue weighted by atomic mass is 10.0. The summed E-state index contributed by atoms with van der Waals surface area (Å²) in [6, 6.07) is 24.8. The molecule has 174 valence electrons. The first kappa shape index (κ1) is 23.6. The average Bonchev–Trinajstić information content (AvgIpc) is 3.12. The normalized spacial score (nSPS) is 17.6. The van der Waals surface area contributed by atoms with Crippen molar-refractivity contribution in [3.63, 3.8) is 0 Å². The van der Waals surface area contributed by atoms with Crippen molar-refractivity contribution in [3.05, 3.63) is 108 Å². The van der Waals surface area contributed by atoms with E-state index in [-0.39, 0.29) is 6.42 Å². The number of carbonyl (C=O) groups excluding carboxylic acids is 2. The SMILES string of the molecule is O=C(O)C(Cc1ccccc1)N1C(=O)N(C(S)CCc2ccccc2)C(=O)C1c1ccccc1. The van der Waals surface area contributed by atoms with Gasteiger partial charge >= 0.3 is 12.0 Å². The van der Waals surface area contributed by atoms with E-state index in [0.29, 0.717) is 18.4 Å². The van der Waals surface area contributed by atoms with Crippen LogP contribution in [0.2, 0.25) is 0 Å². The summed E-state index contributed by atoms with van der Waals surface area (Å²) in [6.07, 6.45) is 1.18. The molecule has 6 nitrogen and oxygen atoms in total. The zero-order chi connectivity index (χ0) is 24.1. The Morgan fingerprint density at radius 2 is 1.38 bits per heavy atom. The number of amides is 3. The van der Waals surface area contributed by atoms with Crippen LogP contribution in [0.5, 0.6) is 0 Å². The highest BCUT2D eigenvalue weighted by molar-refractivity contribution is 7.80. The molecule has 0 bridgehead atoms. The predicted molar refractivity (Wildman–Crippen MR) is 132 cm³/mol. The van der Waals surface area contributed by atoms with Crippen LogP contribution >= 0.6 is 12.6 Å². The van der Waals surface area contributed by atoms with Gasteiger partial charge in [-0.2, -0.15) is 12.6 Å². The van der Waals surface area contributed by atoms with Crippen molar-refractivity contribution in [1.82, 2.24) is 9.80 Å². The summed E-state index contributed by atoms with van der Waals surface area (Å²) in [4.78, 5) is 41.9. The number of aryl methyl sites for hydroxylation is 1. The number of carboxylic acids is 1. The Kier molecular flexibility index (Phi) is 7.33. The Morgan fingerprint density at radius 3 is 1.94 bits per heavy atom. The molecule has 1 aliphatic rings. The van der Waals surface area contributed by atoms with Crippen LogP contribution in [-0.2, 0) is 22.4 Å². The van der Waals surface area contributed by atoms with Gasteiger partial charge in [-0.1, -0.05) is 91.0 Å². The Hall–Kier alpha value is -3.58. The quantitative estimate of drug-likeness (QED) is 0.352. The van der Waals surface area contributed by atoms with Gasteiger partial charge < -0.3 is 5.11 Å². The fraction of sp³-hybridized carbons (Fsp3) is 0.222. The van der Waals surface area contributed by atoms with Crippen molar-refractivity contribution in [2.24, 2.45) is 0 Å². The molecule has 3 atom stereocenters. The number of nitrogens with zero attached hydrogens (tertiary/aromatic N) is 2. The van der Waals surface area contributed by atoms with Crippen LogP contribution in [0.3, 0.4) is 0 Å². The molecule has 0 aliphatic carbocycles. The molecule has 1 fully saturated rings. The zero-order valence-corrected chi connectivity index (χ0v) is 19.4. The van der Waals surface area contributed by atoms with E-state index >= 15 is 0 Å². The topological polar surface area (TPSA) is 77.9 Å². The number of hydrogen-bond acceptors (Lipinski definition) is 4. The van der Waals surface area contributed by atoms with Gasteiger partial charge in [-0.3, -0.25) is 9.69 Å². The number of imide groups is 1. The predicted octanol–water partition coefficient (Wildman–Crippen LogP) is 4.58. The molecule has 3 unspecified atom stereocenters. The molecule has 1 saturated heterocycles. The minimum absolute atomic E-state index is 0.0909. The molecule has 4 rings (SSSR count). The number of rotatable bonds is 9. The first-order valence-electron chi connectivity index (χ1n) is 11.2. The molecular formula is C27H26N2O4S. The fourth-order valence-electron chi connectivity index (χ4n) is 4.32. The summed E-state index contributed by atoms with van der Waals surface area (Å²) >= 11 is 4.60. The first-order chi connectivity index (χ1) is 16.5. The number of urea groups is 1. The lowest BCUT2D eigenvalue weighted by Crippen LogP contribution is -2.47. The maximum atomic E-state index is 13.6. The highest BCUT2D eigenvalue weighted by atomic mass is 32.1. The minimum atomic E-state index is -1.20. The molecule has 0 spiro atoms. The Morgan fingerprint density at radius 1 is 0.853 bits per heavy atom. The summed E-state index contributed by atoms with van der Waals surface area (Å²) in [5.74, 6) is -1.61. The number of carboxylic acid groups (broad SMARTS) is 1. The Balaban J connectivity index is 1.65. The molecule has 0 aromatic heterocycles. The van der Waals surface area contributed by atoms with E-state index in [1.807, 2.05) is 66.7 Å². The van der Waals surface area contributed by atoms with Gasteiger partial charge in [-0.25, -0.2) is 14.5 Å². The van der Waals surface area contributed by atoms with E-state index in [4.69, 9.17) is 0 Å². The molecule has 1 aliphatic heterocycles. The number of thiol groups is 1. The molecule has 3 amide bonds. The van der Waals surface area contributed by atoms with Crippen molar-refractivity contribution in [2.45, 2.75) is 36.7 Å². The highest BCUT2D eigenvalue weighted by Crippen LogP contribution is 2.36. The van der Waals surface area contributed by atoms with E-state index in [0.717, 1.165) is 16.0 Å². The van der Waals surface area contributed by atoms with Crippen LogP contribution in [0.1, 0.15) is 29.2 Å². The van der Waals surface area contributed by atoms with Gasteiger partial charge in [0.25, 0.3) is 5.91 Å². The van der Waals surface area contributed by atoms with Crippen LogP contribution in [-0.4, -0.2) is 44.2 Å². The van der Waals surface area contributed by atoms with E-state index in [1.165, 1.54) is 4.90 Å². The summed E-state index contributed by atoms with van der Waals surface area (Å²) in [5, 5.41) is 9.42. The van der Waals surface area contributed by atoms with Crippen LogP contribution in [0.15, 0.2) is 91.0 Å². The van der Waals surface area contributed by atoms with E-state index in [2.05, 4.69) is 12.6 Å². The van der Waals surface area contributed by atoms with Crippen LogP contribution < -0.4 is 0 Å². The van der Waals surface area contributed by atoms with Gasteiger partial charge in [0.05, 0.1) is 5.37 Å².